The molecule has 11 heteroatoms. The first-order chi connectivity index (χ1) is 14.3. The molecular weight excluding hydrogens is 435 g/mol. The molecule has 0 fully saturated rings. The number of fused-ring (bicyclic) bond motifs is 1. The highest BCUT2D eigenvalue weighted by molar-refractivity contribution is 6.39. The van der Waals surface area contributed by atoms with Crippen molar-refractivity contribution in [1.82, 2.24) is 15.8 Å². The van der Waals surface area contributed by atoms with Gasteiger partial charge in [0, 0.05) is 28.8 Å². The Morgan fingerprint density at radius 3 is 2.63 bits per heavy atom. The number of benzene rings is 2. The molecule has 154 valence electrons. The summed E-state index contributed by atoms with van der Waals surface area (Å²) in [5.41, 5.74) is 5.20. The molecule has 0 bridgehead atoms. The van der Waals surface area contributed by atoms with Gasteiger partial charge in [0.1, 0.15) is 5.52 Å². The molecule has 0 saturated carbocycles. The number of hydrazine groups is 1. The fourth-order valence-electron chi connectivity index (χ4n) is 2.56. The lowest BCUT2D eigenvalue weighted by Gasteiger charge is -2.13. The van der Waals surface area contributed by atoms with E-state index in [1.54, 1.807) is 19.1 Å². The monoisotopic (exact) mass is 448 g/mol. The summed E-state index contributed by atoms with van der Waals surface area (Å²) in [6.45, 7) is 1.31. The largest absolute Gasteiger partial charge is 0.480 e. The second-order valence-corrected chi connectivity index (χ2v) is 6.93. The average Bonchev–Trinajstić information content (AvgIpc) is 2.71. The van der Waals surface area contributed by atoms with Crippen LogP contribution in [0.15, 0.2) is 42.5 Å². The van der Waals surface area contributed by atoms with E-state index in [1.807, 2.05) is 0 Å². The molecule has 3 aromatic rings. The fourth-order valence-corrected chi connectivity index (χ4v) is 3.13. The second-order valence-electron chi connectivity index (χ2n) is 6.12. The molecule has 2 amide bonds. The topological polar surface area (TPSA) is 123 Å². The first-order valence-corrected chi connectivity index (χ1v) is 9.23. The van der Waals surface area contributed by atoms with E-state index in [9.17, 15) is 19.7 Å². The number of aryl methyl sites for hydroxylation is 1. The molecule has 2 N–H and O–H groups in total. The smallest absolute Gasteiger partial charge is 0.276 e. The van der Waals surface area contributed by atoms with Gasteiger partial charge in [-0.15, -0.1) is 0 Å². The molecule has 1 heterocycles. The molecule has 3 rings (SSSR count). The minimum atomic E-state index is -0.723. The van der Waals surface area contributed by atoms with E-state index in [1.165, 1.54) is 24.3 Å². The Morgan fingerprint density at radius 2 is 1.90 bits per heavy atom. The number of pyridine rings is 1. The standard InChI is InChI=1S/C19H14Cl2N4O5/c1-10-5-6-13-14(20)8-15(21)18(17(13)22-10)30-9-16(26)23-24-19(27)11-3-2-4-12(7-11)25(28)29/h2-8H,9H2,1H3,(H,23,26)(H,24,27). The predicted molar refractivity (Wildman–Crippen MR) is 111 cm³/mol. The van der Waals surface area contributed by atoms with Crippen molar-refractivity contribution in [2.75, 3.05) is 6.61 Å². The Hall–Kier alpha value is -3.43. The summed E-state index contributed by atoms with van der Waals surface area (Å²) >= 11 is 12.4. The Labute approximate surface area is 180 Å². The number of nitrogens with zero attached hydrogens (tertiary/aromatic N) is 2. The molecule has 30 heavy (non-hydrogen) atoms. The van der Waals surface area contributed by atoms with Crippen molar-refractivity contribution in [2.45, 2.75) is 6.92 Å². The SMILES string of the molecule is Cc1ccc2c(Cl)cc(Cl)c(OCC(=O)NNC(=O)c3cccc([N+](=O)[O-])c3)c2n1. The van der Waals surface area contributed by atoms with Crippen molar-refractivity contribution in [2.24, 2.45) is 0 Å². The van der Waals surface area contributed by atoms with Crippen molar-refractivity contribution >= 4 is 51.6 Å². The van der Waals surface area contributed by atoms with Gasteiger partial charge in [0.15, 0.2) is 12.4 Å². The van der Waals surface area contributed by atoms with Crippen molar-refractivity contribution in [3.05, 3.63) is 73.9 Å². The molecule has 1 aromatic heterocycles. The van der Waals surface area contributed by atoms with Crippen LogP contribution in [0.3, 0.4) is 0 Å². The van der Waals surface area contributed by atoms with E-state index >= 15 is 0 Å². The Morgan fingerprint density at radius 1 is 1.13 bits per heavy atom. The van der Waals surface area contributed by atoms with Crippen LogP contribution in [0.4, 0.5) is 5.69 Å². The van der Waals surface area contributed by atoms with E-state index in [-0.39, 0.29) is 22.0 Å². The van der Waals surface area contributed by atoms with Gasteiger partial charge in [-0.05, 0) is 31.2 Å². The molecule has 0 aliphatic rings. The third-order valence-corrected chi connectivity index (χ3v) is 4.55. The van der Waals surface area contributed by atoms with Crippen molar-refractivity contribution in [3.8, 4) is 5.75 Å². The summed E-state index contributed by atoms with van der Waals surface area (Å²) in [6, 6.07) is 10.1. The lowest BCUT2D eigenvalue weighted by atomic mass is 10.2. The van der Waals surface area contributed by atoms with Gasteiger partial charge < -0.3 is 4.74 Å². The van der Waals surface area contributed by atoms with Crippen LogP contribution in [0.2, 0.25) is 10.0 Å². The van der Waals surface area contributed by atoms with Crippen LogP contribution in [0.5, 0.6) is 5.75 Å². The number of rotatable bonds is 5. The maximum absolute atomic E-state index is 12.1. The first kappa shape index (κ1) is 21.3. The third kappa shape index (κ3) is 4.76. The van der Waals surface area contributed by atoms with E-state index in [4.69, 9.17) is 27.9 Å². The maximum atomic E-state index is 12.1. The van der Waals surface area contributed by atoms with Crippen LogP contribution in [-0.2, 0) is 4.79 Å². The zero-order valence-electron chi connectivity index (χ0n) is 15.4. The van der Waals surface area contributed by atoms with Gasteiger partial charge in [0.05, 0.1) is 15.0 Å². The van der Waals surface area contributed by atoms with E-state index in [2.05, 4.69) is 15.8 Å². The number of nitro benzene ring substituents is 1. The van der Waals surface area contributed by atoms with E-state index in [0.29, 0.717) is 21.6 Å². The summed E-state index contributed by atoms with van der Waals surface area (Å²) in [7, 11) is 0. The fraction of sp³-hybridized carbons (Fsp3) is 0.105. The summed E-state index contributed by atoms with van der Waals surface area (Å²) in [4.78, 5) is 38.7. The van der Waals surface area contributed by atoms with Crippen molar-refractivity contribution < 1.29 is 19.2 Å². The number of nitro groups is 1. The van der Waals surface area contributed by atoms with Crippen LogP contribution in [0.1, 0.15) is 16.1 Å². The van der Waals surface area contributed by atoms with Gasteiger partial charge in [-0.3, -0.25) is 30.6 Å². The Balaban J connectivity index is 1.65. The van der Waals surface area contributed by atoms with Crippen LogP contribution in [-0.4, -0.2) is 28.3 Å². The average molecular weight is 449 g/mol. The number of ether oxygens (including phenoxy) is 1. The van der Waals surface area contributed by atoms with E-state index < -0.39 is 23.3 Å². The number of carbonyl (C=O) groups is 2. The summed E-state index contributed by atoms with van der Waals surface area (Å²) < 4.78 is 5.50. The number of amides is 2. The lowest BCUT2D eigenvalue weighted by molar-refractivity contribution is -0.384. The quantitative estimate of drug-likeness (QED) is 0.453. The van der Waals surface area contributed by atoms with Crippen LogP contribution < -0.4 is 15.6 Å². The van der Waals surface area contributed by atoms with Crippen molar-refractivity contribution in [3.63, 3.8) is 0 Å². The summed E-state index contributed by atoms with van der Waals surface area (Å²) in [5, 5.41) is 12.0. The molecule has 0 radical (unpaired) electrons. The van der Waals surface area contributed by atoms with E-state index in [0.717, 1.165) is 6.07 Å². The Kier molecular flexibility index (Phi) is 6.34. The van der Waals surface area contributed by atoms with Gasteiger partial charge in [-0.2, -0.15) is 0 Å². The minimum absolute atomic E-state index is 0.0110. The highest BCUT2D eigenvalue weighted by Gasteiger charge is 2.16. The van der Waals surface area contributed by atoms with Crippen molar-refractivity contribution in [1.29, 1.82) is 0 Å². The van der Waals surface area contributed by atoms with Crippen LogP contribution in [0, 0.1) is 17.0 Å². The van der Waals surface area contributed by atoms with Gasteiger partial charge in [-0.25, -0.2) is 4.98 Å². The normalized spacial score (nSPS) is 10.5. The highest BCUT2D eigenvalue weighted by Crippen LogP contribution is 2.37. The zero-order chi connectivity index (χ0) is 21.8. The molecule has 0 unspecified atom stereocenters. The first-order valence-electron chi connectivity index (χ1n) is 8.48. The molecule has 0 saturated heterocycles. The number of halogens is 2. The Bertz CT molecular complexity index is 1170. The zero-order valence-corrected chi connectivity index (χ0v) is 17.0. The minimum Gasteiger partial charge on any atom is -0.480 e. The number of nitrogens with one attached hydrogen (secondary N) is 2. The number of carbonyl (C=O) groups excluding carboxylic acids is 2. The molecule has 0 atom stereocenters. The lowest BCUT2D eigenvalue weighted by Crippen LogP contribution is -2.43. The maximum Gasteiger partial charge on any atom is 0.276 e. The molecule has 0 aliphatic carbocycles. The number of hydrogen-bond acceptors (Lipinski definition) is 6. The molecule has 0 spiro atoms. The molecule has 0 aliphatic heterocycles. The predicted octanol–water partition coefficient (Wildman–Crippen LogP) is 3.60. The molecule has 9 nitrogen and oxygen atoms in total. The van der Waals surface area contributed by atoms with Crippen LogP contribution >= 0.6 is 23.2 Å². The van der Waals surface area contributed by atoms with Gasteiger partial charge in [0.2, 0.25) is 0 Å². The van der Waals surface area contributed by atoms with Gasteiger partial charge in [0.25, 0.3) is 17.5 Å². The number of hydrogen-bond donors (Lipinski definition) is 2. The second kappa shape index (κ2) is 8.93. The molecule has 2 aromatic carbocycles. The third-order valence-electron chi connectivity index (χ3n) is 3.96. The van der Waals surface area contributed by atoms with Gasteiger partial charge in [-0.1, -0.05) is 29.3 Å². The summed E-state index contributed by atoms with van der Waals surface area (Å²) in [5.74, 6) is -1.22. The van der Waals surface area contributed by atoms with Crippen LogP contribution in [0.25, 0.3) is 10.9 Å². The number of aromatic nitrogens is 1. The van der Waals surface area contributed by atoms with Gasteiger partial charge >= 0.3 is 0 Å². The number of non-ortho nitro benzene ring substituents is 1. The highest BCUT2D eigenvalue weighted by atomic mass is 35.5. The molecular formula is C19H14Cl2N4O5. The summed E-state index contributed by atoms with van der Waals surface area (Å²) in [6.07, 6.45) is 0.